The molecule has 3 saturated heterocycles. The number of hydrogen-bond acceptors (Lipinski definition) is 6. The molecule has 9 heteroatoms. The number of piperidine rings is 1. The van der Waals surface area contributed by atoms with Crippen LogP contribution in [0.5, 0.6) is 0 Å². The first-order valence-electron chi connectivity index (χ1n) is 17.8. The Morgan fingerprint density at radius 2 is 1.56 bits per heavy atom. The molecule has 2 aromatic rings. The molecule has 0 spiro atoms. The zero-order chi connectivity index (χ0) is 30.8. The number of urea groups is 1. The molecule has 4 heterocycles. The van der Waals surface area contributed by atoms with E-state index in [1.807, 2.05) is 29.0 Å². The fourth-order valence-corrected chi connectivity index (χ4v) is 10.8. The van der Waals surface area contributed by atoms with Gasteiger partial charge in [0.1, 0.15) is 0 Å². The van der Waals surface area contributed by atoms with Crippen LogP contribution in [-0.4, -0.2) is 95.0 Å². The Balaban J connectivity index is 0.910. The molecule has 0 radical (unpaired) electrons. The van der Waals surface area contributed by atoms with Gasteiger partial charge in [-0.15, -0.1) is 0 Å². The van der Waals surface area contributed by atoms with Crippen LogP contribution in [0, 0.1) is 41.4 Å². The highest BCUT2D eigenvalue weighted by Crippen LogP contribution is 2.60. The fourth-order valence-electron chi connectivity index (χ4n) is 10.8. The average molecular weight is 616 g/mol. The highest BCUT2D eigenvalue weighted by atomic mass is 16.5. The van der Waals surface area contributed by atoms with E-state index in [0.29, 0.717) is 24.3 Å². The van der Waals surface area contributed by atoms with E-state index in [4.69, 9.17) is 4.52 Å². The highest BCUT2D eigenvalue weighted by Gasteiger charge is 2.67. The van der Waals surface area contributed by atoms with Gasteiger partial charge in [0.05, 0.1) is 17.5 Å². The Labute approximate surface area is 266 Å². The number of nitrogens with zero attached hydrogens (tertiary/aromatic N) is 5. The van der Waals surface area contributed by atoms with Gasteiger partial charge in [0.15, 0.2) is 5.58 Å². The van der Waals surface area contributed by atoms with Gasteiger partial charge < -0.3 is 19.2 Å². The summed E-state index contributed by atoms with van der Waals surface area (Å²) in [6.45, 7) is 7.60. The van der Waals surface area contributed by atoms with Crippen LogP contribution in [0.25, 0.3) is 11.0 Å². The van der Waals surface area contributed by atoms with Crippen LogP contribution in [-0.2, 0) is 9.59 Å². The maximum absolute atomic E-state index is 14.1. The first-order chi connectivity index (χ1) is 21.9. The molecule has 8 atom stereocenters. The molecule has 6 aliphatic rings. The minimum absolute atomic E-state index is 0.0432. The van der Waals surface area contributed by atoms with Crippen LogP contribution in [0.15, 0.2) is 28.8 Å². The van der Waals surface area contributed by atoms with Crippen molar-refractivity contribution in [2.24, 2.45) is 41.4 Å². The number of benzene rings is 1. The molecular weight excluding hydrogens is 566 g/mol. The molecule has 45 heavy (non-hydrogen) atoms. The molecule has 8 rings (SSSR count). The van der Waals surface area contributed by atoms with E-state index in [0.717, 1.165) is 87.9 Å². The number of fused-ring (bicyclic) bond motifs is 6. The largest absolute Gasteiger partial charge is 0.356 e. The number of imide groups is 1. The van der Waals surface area contributed by atoms with Crippen molar-refractivity contribution in [2.75, 3.05) is 46.3 Å². The molecular formula is C36H49N5O4. The predicted molar refractivity (Wildman–Crippen MR) is 170 cm³/mol. The van der Waals surface area contributed by atoms with E-state index in [2.05, 4.69) is 29.1 Å². The summed E-state index contributed by atoms with van der Waals surface area (Å²) in [5, 5.41) is 5.59. The van der Waals surface area contributed by atoms with Crippen LogP contribution in [0.1, 0.15) is 76.3 Å². The lowest BCUT2D eigenvalue weighted by Crippen LogP contribution is -2.52. The molecule has 0 N–H and O–H groups in total. The van der Waals surface area contributed by atoms with E-state index in [9.17, 15) is 14.4 Å². The molecule has 3 aliphatic carbocycles. The summed E-state index contributed by atoms with van der Waals surface area (Å²) in [5.41, 5.74) is 1.98. The van der Waals surface area contributed by atoms with Gasteiger partial charge in [-0.3, -0.25) is 14.5 Å². The van der Waals surface area contributed by atoms with Crippen LogP contribution in [0.2, 0.25) is 0 Å². The second-order valence-corrected chi connectivity index (χ2v) is 15.3. The maximum Gasteiger partial charge on any atom is 0.320 e. The SMILES string of the molecule is CC1C2CC(C3C(=O)N(C[C@H]4CCCC[C@@H]4CN4CCC(c5noc6ccccc56)CC4)C(=O)C23)C1N(C)C(=O)N1CCCC1. The zero-order valence-electron chi connectivity index (χ0n) is 27.0. The lowest BCUT2D eigenvalue weighted by Gasteiger charge is -2.40. The smallest absolute Gasteiger partial charge is 0.320 e. The Morgan fingerprint density at radius 1 is 0.889 bits per heavy atom. The molecule has 242 valence electrons. The summed E-state index contributed by atoms with van der Waals surface area (Å²) in [4.78, 5) is 49.6. The number of likely N-dealkylation sites (tertiary alicyclic amines) is 3. The average Bonchev–Trinajstić information content (AvgIpc) is 3.89. The van der Waals surface area contributed by atoms with Crippen LogP contribution in [0.4, 0.5) is 4.79 Å². The topological polar surface area (TPSA) is 90.2 Å². The van der Waals surface area contributed by atoms with Gasteiger partial charge in [-0.25, -0.2) is 4.79 Å². The lowest BCUT2D eigenvalue weighted by atomic mass is 9.72. The Kier molecular flexibility index (Phi) is 7.66. The van der Waals surface area contributed by atoms with Crippen molar-refractivity contribution in [3.63, 3.8) is 0 Å². The molecule has 6 fully saturated rings. The van der Waals surface area contributed by atoms with Gasteiger partial charge in [0.2, 0.25) is 11.8 Å². The van der Waals surface area contributed by atoms with Crippen molar-refractivity contribution in [2.45, 2.75) is 76.7 Å². The van der Waals surface area contributed by atoms with Crippen molar-refractivity contribution < 1.29 is 18.9 Å². The number of hydrogen-bond donors (Lipinski definition) is 0. The Hall–Kier alpha value is -2.94. The number of amides is 4. The third-order valence-corrected chi connectivity index (χ3v) is 13.1. The summed E-state index contributed by atoms with van der Waals surface area (Å²) in [7, 11) is 1.93. The standard InChI is InChI=1S/C36H49N5O4/c1-22-27-19-28(33(22)38(2)36(44)40-15-7-8-16-40)31-30(27)34(42)41(35(31)43)21-25-10-4-3-9-24(25)20-39-17-13-23(14-18-39)32-26-11-5-6-12-29(26)45-37-32/h5-6,11-12,22-25,27-28,30-31,33H,3-4,7-10,13-21H2,1-2H3/t22?,24-,25-,27?,28?,30?,31?,33?/m1/s1. The fraction of sp³-hybridized carbons (Fsp3) is 0.722. The van der Waals surface area contributed by atoms with E-state index >= 15 is 0 Å². The van der Waals surface area contributed by atoms with E-state index in [-0.39, 0.29) is 53.5 Å². The van der Waals surface area contributed by atoms with Crippen LogP contribution < -0.4 is 0 Å². The van der Waals surface area contributed by atoms with Gasteiger partial charge in [-0.2, -0.15) is 0 Å². The molecule has 1 aromatic heterocycles. The van der Waals surface area contributed by atoms with Crippen molar-refractivity contribution in [1.82, 2.24) is 24.8 Å². The molecule has 6 unspecified atom stereocenters. The molecule has 3 saturated carbocycles. The van der Waals surface area contributed by atoms with Crippen molar-refractivity contribution in [1.29, 1.82) is 0 Å². The zero-order valence-corrected chi connectivity index (χ0v) is 27.0. The number of para-hydroxylation sites is 1. The summed E-state index contributed by atoms with van der Waals surface area (Å²) in [6, 6.07) is 8.31. The maximum atomic E-state index is 14.1. The third-order valence-electron chi connectivity index (χ3n) is 13.1. The normalized spacial score (nSPS) is 35.6. The van der Waals surface area contributed by atoms with Gasteiger partial charge in [-0.1, -0.05) is 37.1 Å². The molecule has 4 amide bonds. The second kappa shape index (κ2) is 11.7. The summed E-state index contributed by atoms with van der Waals surface area (Å²) >= 11 is 0. The van der Waals surface area contributed by atoms with Gasteiger partial charge in [0, 0.05) is 50.6 Å². The minimum atomic E-state index is -0.244. The lowest BCUT2D eigenvalue weighted by molar-refractivity contribution is -0.142. The van der Waals surface area contributed by atoms with E-state index in [1.54, 1.807) is 4.90 Å². The molecule has 9 nitrogen and oxygen atoms in total. The predicted octanol–water partition coefficient (Wildman–Crippen LogP) is 5.22. The first-order valence-corrected chi connectivity index (χ1v) is 17.8. The molecule has 2 bridgehead atoms. The van der Waals surface area contributed by atoms with Crippen LogP contribution >= 0.6 is 0 Å². The summed E-state index contributed by atoms with van der Waals surface area (Å²) in [5.74, 6) is 1.56. The van der Waals surface area contributed by atoms with Gasteiger partial charge >= 0.3 is 6.03 Å². The molecule has 1 aromatic carbocycles. The first kappa shape index (κ1) is 29.5. The number of aromatic nitrogens is 1. The van der Waals surface area contributed by atoms with Gasteiger partial charge in [0.25, 0.3) is 0 Å². The number of carbonyl (C=O) groups is 3. The minimum Gasteiger partial charge on any atom is -0.356 e. The summed E-state index contributed by atoms with van der Waals surface area (Å²) in [6.07, 6.45) is 9.88. The van der Waals surface area contributed by atoms with Crippen LogP contribution in [0.3, 0.4) is 0 Å². The summed E-state index contributed by atoms with van der Waals surface area (Å²) < 4.78 is 5.60. The quantitative estimate of drug-likeness (QED) is 0.414. The van der Waals surface area contributed by atoms with Crippen molar-refractivity contribution in [3.05, 3.63) is 30.0 Å². The monoisotopic (exact) mass is 615 g/mol. The third kappa shape index (κ3) is 4.90. The number of carbonyl (C=O) groups excluding carboxylic acids is 3. The van der Waals surface area contributed by atoms with E-state index < -0.39 is 0 Å². The number of rotatable bonds is 6. The van der Waals surface area contributed by atoms with Gasteiger partial charge in [-0.05, 0) is 99.8 Å². The van der Waals surface area contributed by atoms with Crippen molar-refractivity contribution >= 4 is 28.8 Å². The highest BCUT2D eigenvalue weighted by molar-refractivity contribution is 6.06. The Morgan fingerprint density at radius 3 is 2.29 bits per heavy atom. The Bertz CT molecular complexity index is 1440. The second-order valence-electron chi connectivity index (χ2n) is 15.3. The molecule has 3 aliphatic heterocycles. The van der Waals surface area contributed by atoms with E-state index in [1.165, 1.54) is 19.3 Å². The van der Waals surface area contributed by atoms with Crippen molar-refractivity contribution in [3.8, 4) is 0 Å².